The molecular formula is C13H22N4O. The van der Waals surface area contributed by atoms with Crippen molar-refractivity contribution in [1.29, 1.82) is 0 Å². The van der Waals surface area contributed by atoms with Crippen LogP contribution in [-0.4, -0.2) is 33.7 Å². The molecule has 1 aromatic rings. The smallest absolute Gasteiger partial charge is 0.103 e. The van der Waals surface area contributed by atoms with Gasteiger partial charge in [-0.05, 0) is 31.6 Å². The van der Waals surface area contributed by atoms with Crippen molar-refractivity contribution >= 4 is 0 Å². The molecule has 1 spiro atoms. The molecular weight excluding hydrogens is 228 g/mol. The maximum absolute atomic E-state index is 6.19. The van der Waals surface area contributed by atoms with Crippen molar-refractivity contribution in [3.63, 3.8) is 0 Å². The number of nitrogens with zero attached hydrogens (tertiary/aromatic N) is 3. The highest BCUT2D eigenvalue weighted by atomic mass is 16.5. The van der Waals surface area contributed by atoms with Crippen molar-refractivity contribution in [2.45, 2.75) is 44.2 Å². The molecule has 2 aliphatic rings. The summed E-state index contributed by atoms with van der Waals surface area (Å²) in [4.78, 5) is 1.63. The van der Waals surface area contributed by atoms with Crippen LogP contribution < -0.4 is 5.32 Å². The van der Waals surface area contributed by atoms with E-state index >= 15 is 0 Å². The highest BCUT2D eigenvalue weighted by molar-refractivity contribution is 5.11. The number of rotatable bonds is 1. The molecule has 1 aliphatic heterocycles. The Morgan fingerprint density at radius 2 is 2.22 bits per heavy atom. The van der Waals surface area contributed by atoms with Crippen LogP contribution in [0.3, 0.4) is 0 Å². The monoisotopic (exact) mass is 250 g/mol. The number of ether oxygens (including phenoxy) is 1. The number of nitrogens with one attached hydrogen (secondary N) is 1. The fraction of sp³-hybridized carbons (Fsp3) is 0.846. The van der Waals surface area contributed by atoms with Gasteiger partial charge in [-0.3, -0.25) is 0 Å². The first-order valence-electron chi connectivity index (χ1n) is 6.93. The summed E-state index contributed by atoms with van der Waals surface area (Å²) < 4.78 is 6.19. The van der Waals surface area contributed by atoms with Crippen molar-refractivity contribution in [3.05, 3.63) is 11.9 Å². The van der Waals surface area contributed by atoms with E-state index < -0.39 is 0 Å². The Hall–Kier alpha value is -0.940. The van der Waals surface area contributed by atoms with Crippen LogP contribution >= 0.6 is 0 Å². The summed E-state index contributed by atoms with van der Waals surface area (Å²) in [5, 5.41) is 12.2. The summed E-state index contributed by atoms with van der Waals surface area (Å²) in [5.74, 6) is 0.823. The van der Waals surface area contributed by atoms with Gasteiger partial charge in [0.15, 0.2) is 0 Å². The van der Waals surface area contributed by atoms with Gasteiger partial charge >= 0.3 is 0 Å². The molecule has 1 aromatic heterocycles. The van der Waals surface area contributed by atoms with Crippen molar-refractivity contribution in [3.8, 4) is 0 Å². The van der Waals surface area contributed by atoms with Gasteiger partial charge < -0.3 is 10.1 Å². The normalized spacial score (nSPS) is 37.0. The third-order valence-electron chi connectivity index (χ3n) is 4.40. The molecule has 0 amide bonds. The van der Waals surface area contributed by atoms with E-state index in [0.717, 1.165) is 37.6 Å². The van der Waals surface area contributed by atoms with Crippen molar-refractivity contribution < 1.29 is 4.74 Å². The van der Waals surface area contributed by atoms with Crippen LogP contribution in [0.5, 0.6) is 0 Å². The molecule has 5 nitrogen and oxygen atoms in total. The fourth-order valence-electron chi connectivity index (χ4n) is 3.28. The Bertz CT molecular complexity index is 409. The van der Waals surface area contributed by atoms with Gasteiger partial charge in [-0.25, -0.2) is 0 Å². The van der Waals surface area contributed by atoms with Crippen molar-refractivity contribution in [2.75, 3.05) is 13.2 Å². The maximum atomic E-state index is 6.19. The van der Waals surface area contributed by atoms with Gasteiger partial charge in [-0.2, -0.15) is 15.0 Å². The van der Waals surface area contributed by atoms with Gasteiger partial charge in [0.05, 0.1) is 24.4 Å². The van der Waals surface area contributed by atoms with E-state index in [2.05, 4.69) is 22.4 Å². The SMILES string of the molecule is CC1CCC2(CC1)OCCNC2c1cnn(C)n1. The van der Waals surface area contributed by atoms with E-state index in [-0.39, 0.29) is 11.6 Å². The third kappa shape index (κ3) is 2.06. The zero-order valence-corrected chi connectivity index (χ0v) is 11.2. The molecule has 100 valence electrons. The van der Waals surface area contributed by atoms with Crippen LogP contribution in [0.1, 0.15) is 44.3 Å². The van der Waals surface area contributed by atoms with Crippen LogP contribution in [0.2, 0.25) is 0 Å². The van der Waals surface area contributed by atoms with Crippen LogP contribution in [-0.2, 0) is 11.8 Å². The third-order valence-corrected chi connectivity index (χ3v) is 4.40. The van der Waals surface area contributed by atoms with E-state index in [1.807, 2.05) is 13.2 Å². The lowest BCUT2D eigenvalue weighted by molar-refractivity contribution is -0.125. The van der Waals surface area contributed by atoms with Gasteiger partial charge in [0.2, 0.25) is 0 Å². The minimum Gasteiger partial charge on any atom is -0.372 e. The molecule has 0 bridgehead atoms. The lowest BCUT2D eigenvalue weighted by atomic mass is 9.74. The average molecular weight is 250 g/mol. The number of hydrogen-bond donors (Lipinski definition) is 1. The lowest BCUT2D eigenvalue weighted by Crippen LogP contribution is -2.53. The minimum atomic E-state index is -0.0548. The number of hydrogen-bond acceptors (Lipinski definition) is 4. The first kappa shape index (κ1) is 12.1. The second kappa shape index (κ2) is 4.63. The van der Waals surface area contributed by atoms with Gasteiger partial charge in [-0.15, -0.1) is 0 Å². The van der Waals surface area contributed by atoms with Crippen LogP contribution in [0.15, 0.2) is 6.20 Å². The molecule has 3 rings (SSSR count). The Morgan fingerprint density at radius 3 is 2.89 bits per heavy atom. The number of morpholine rings is 1. The first-order valence-corrected chi connectivity index (χ1v) is 6.93. The van der Waals surface area contributed by atoms with E-state index in [0.29, 0.717) is 0 Å². The zero-order valence-electron chi connectivity index (χ0n) is 11.2. The zero-order chi connectivity index (χ0) is 12.6. The highest BCUT2D eigenvalue weighted by Crippen LogP contribution is 2.43. The molecule has 1 atom stereocenters. The molecule has 2 heterocycles. The van der Waals surface area contributed by atoms with Gasteiger partial charge in [0, 0.05) is 13.6 Å². The Balaban J connectivity index is 1.86. The Kier molecular flexibility index (Phi) is 3.11. The molecule has 2 fully saturated rings. The molecule has 1 saturated carbocycles. The second-order valence-corrected chi connectivity index (χ2v) is 5.74. The fourth-order valence-corrected chi connectivity index (χ4v) is 3.28. The first-order chi connectivity index (χ1) is 8.70. The minimum absolute atomic E-state index is 0.0548. The number of aromatic nitrogens is 3. The second-order valence-electron chi connectivity index (χ2n) is 5.74. The summed E-state index contributed by atoms with van der Waals surface area (Å²) in [7, 11) is 1.86. The van der Waals surface area contributed by atoms with Gasteiger partial charge in [-0.1, -0.05) is 6.92 Å². The number of aryl methyl sites for hydroxylation is 1. The Morgan fingerprint density at radius 1 is 1.44 bits per heavy atom. The molecule has 18 heavy (non-hydrogen) atoms. The van der Waals surface area contributed by atoms with E-state index in [1.54, 1.807) is 4.80 Å². The molecule has 0 aromatic carbocycles. The molecule has 0 radical (unpaired) electrons. The average Bonchev–Trinajstić information content (AvgIpc) is 2.80. The maximum Gasteiger partial charge on any atom is 0.103 e. The summed E-state index contributed by atoms with van der Waals surface area (Å²) in [6, 6.07) is 0.201. The van der Waals surface area contributed by atoms with E-state index in [4.69, 9.17) is 4.74 Å². The molecule has 1 saturated heterocycles. The van der Waals surface area contributed by atoms with Crippen LogP contribution in [0, 0.1) is 5.92 Å². The summed E-state index contributed by atoms with van der Waals surface area (Å²) in [6.07, 6.45) is 6.62. The summed E-state index contributed by atoms with van der Waals surface area (Å²) in [6.45, 7) is 4.05. The van der Waals surface area contributed by atoms with E-state index in [9.17, 15) is 0 Å². The molecule has 1 N–H and O–H groups in total. The summed E-state index contributed by atoms with van der Waals surface area (Å²) in [5.41, 5.74) is 0.965. The Labute approximate surface area is 108 Å². The molecule has 1 unspecified atom stereocenters. The largest absolute Gasteiger partial charge is 0.372 e. The summed E-state index contributed by atoms with van der Waals surface area (Å²) >= 11 is 0. The van der Waals surface area contributed by atoms with Gasteiger partial charge in [0.25, 0.3) is 0 Å². The van der Waals surface area contributed by atoms with Gasteiger partial charge in [0.1, 0.15) is 5.69 Å². The highest BCUT2D eigenvalue weighted by Gasteiger charge is 2.45. The van der Waals surface area contributed by atoms with Crippen LogP contribution in [0.25, 0.3) is 0 Å². The predicted octanol–water partition coefficient (Wildman–Crippen LogP) is 1.42. The predicted molar refractivity (Wildman–Crippen MR) is 68.1 cm³/mol. The topological polar surface area (TPSA) is 52.0 Å². The molecule has 5 heteroatoms. The van der Waals surface area contributed by atoms with Crippen molar-refractivity contribution in [1.82, 2.24) is 20.3 Å². The quantitative estimate of drug-likeness (QED) is 0.819. The standard InChI is InChI=1S/C13H22N4O/c1-10-3-5-13(6-4-10)12(14-7-8-18-13)11-9-15-17(2)16-11/h9-10,12,14H,3-8H2,1-2H3. The molecule has 1 aliphatic carbocycles. The lowest BCUT2D eigenvalue weighted by Gasteiger charge is -2.47. The van der Waals surface area contributed by atoms with E-state index in [1.165, 1.54) is 12.8 Å². The van der Waals surface area contributed by atoms with Crippen LogP contribution in [0.4, 0.5) is 0 Å². The van der Waals surface area contributed by atoms with Crippen molar-refractivity contribution in [2.24, 2.45) is 13.0 Å².